The Labute approximate surface area is 121 Å². The lowest BCUT2D eigenvalue weighted by Crippen LogP contribution is -2.38. The lowest BCUT2D eigenvalue weighted by atomic mass is 10.1. The number of hydrogen-bond acceptors (Lipinski definition) is 3. The zero-order chi connectivity index (χ0) is 14.5. The third-order valence-corrected chi connectivity index (χ3v) is 4.00. The molecule has 1 N–H and O–H groups in total. The van der Waals surface area contributed by atoms with Crippen molar-refractivity contribution in [2.45, 2.75) is 32.9 Å². The molecule has 1 aromatic rings. The molecule has 4 heteroatoms. The fraction of sp³-hybridized carbons (Fsp3) is 0.625. The molecule has 112 valence electrons. The lowest BCUT2D eigenvalue weighted by molar-refractivity contribution is 0.337. The second-order valence-corrected chi connectivity index (χ2v) is 5.68. The van der Waals surface area contributed by atoms with Crippen molar-refractivity contribution < 1.29 is 4.39 Å². The first-order valence-electron chi connectivity index (χ1n) is 7.56. The van der Waals surface area contributed by atoms with Crippen LogP contribution >= 0.6 is 0 Å². The topological polar surface area (TPSA) is 18.5 Å². The van der Waals surface area contributed by atoms with Crippen LogP contribution in [0, 0.1) is 5.82 Å². The first kappa shape index (κ1) is 15.3. The molecule has 1 atom stereocenters. The number of nitrogens with zero attached hydrogens (tertiary/aromatic N) is 2. The normalized spacial score (nSPS) is 21.0. The Morgan fingerprint density at radius 2 is 2.15 bits per heavy atom. The summed E-state index contributed by atoms with van der Waals surface area (Å²) in [6.07, 6.45) is 1.12. The Morgan fingerprint density at radius 3 is 2.90 bits per heavy atom. The molecule has 0 spiro atoms. The highest BCUT2D eigenvalue weighted by molar-refractivity contribution is 5.55. The third kappa shape index (κ3) is 3.49. The van der Waals surface area contributed by atoms with Gasteiger partial charge < -0.3 is 15.1 Å². The van der Waals surface area contributed by atoms with Crippen molar-refractivity contribution in [3.05, 3.63) is 29.6 Å². The van der Waals surface area contributed by atoms with Gasteiger partial charge in [-0.15, -0.1) is 0 Å². The Kier molecular flexibility index (Phi) is 5.38. The SMILES string of the molecule is CCNCc1c(F)cccc1N1CCCN(C)CC1C. The zero-order valence-corrected chi connectivity index (χ0v) is 12.8. The van der Waals surface area contributed by atoms with Gasteiger partial charge in [0.25, 0.3) is 0 Å². The second kappa shape index (κ2) is 7.04. The van der Waals surface area contributed by atoms with Gasteiger partial charge in [-0.05, 0) is 45.6 Å². The molecule has 0 aliphatic carbocycles. The maximum Gasteiger partial charge on any atom is 0.129 e. The summed E-state index contributed by atoms with van der Waals surface area (Å²) in [7, 11) is 2.16. The number of anilines is 1. The predicted molar refractivity (Wildman–Crippen MR) is 82.7 cm³/mol. The van der Waals surface area contributed by atoms with Crippen LogP contribution in [0.3, 0.4) is 0 Å². The first-order valence-corrected chi connectivity index (χ1v) is 7.56. The molecule has 1 fully saturated rings. The van der Waals surface area contributed by atoms with Crippen LogP contribution in [0.1, 0.15) is 25.8 Å². The fourth-order valence-corrected chi connectivity index (χ4v) is 2.97. The molecule has 2 rings (SSSR count). The van der Waals surface area contributed by atoms with Crippen LogP contribution in [-0.2, 0) is 6.54 Å². The maximum atomic E-state index is 14.2. The van der Waals surface area contributed by atoms with Gasteiger partial charge in [0.2, 0.25) is 0 Å². The fourth-order valence-electron chi connectivity index (χ4n) is 2.97. The van der Waals surface area contributed by atoms with Crippen LogP contribution in [0.2, 0.25) is 0 Å². The Balaban J connectivity index is 2.28. The smallest absolute Gasteiger partial charge is 0.129 e. The van der Waals surface area contributed by atoms with Crippen molar-refractivity contribution in [1.29, 1.82) is 0 Å². The number of nitrogens with one attached hydrogen (secondary N) is 1. The summed E-state index contributed by atoms with van der Waals surface area (Å²) in [4.78, 5) is 4.72. The quantitative estimate of drug-likeness (QED) is 0.913. The highest BCUT2D eigenvalue weighted by Gasteiger charge is 2.22. The molecule has 0 radical (unpaired) electrons. The highest BCUT2D eigenvalue weighted by Crippen LogP contribution is 2.26. The average Bonchev–Trinajstić information content (AvgIpc) is 2.58. The van der Waals surface area contributed by atoms with Crippen molar-refractivity contribution in [3.63, 3.8) is 0 Å². The summed E-state index contributed by atoms with van der Waals surface area (Å²) in [5.41, 5.74) is 1.85. The molecule has 20 heavy (non-hydrogen) atoms. The van der Waals surface area contributed by atoms with Crippen LogP contribution < -0.4 is 10.2 Å². The molecule has 0 saturated carbocycles. The highest BCUT2D eigenvalue weighted by atomic mass is 19.1. The molecule has 1 heterocycles. The van der Waals surface area contributed by atoms with Crippen molar-refractivity contribution in [1.82, 2.24) is 10.2 Å². The molecule has 1 aliphatic heterocycles. The van der Waals surface area contributed by atoms with Crippen molar-refractivity contribution in [2.24, 2.45) is 0 Å². The van der Waals surface area contributed by atoms with E-state index in [1.807, 2.05) is 13.0 Å². The zero-order valence-electron chi connectivity index (χ0n) is 12.8. The number of rotatable bonds is 4. The Hall–Kier alpha value is -1.13. The molecule has 0 amide bonds. The lowest BCUT2D eigenvalue weighted by Gasteiger charge is -2.32. The number of likely N-dealkylation sites (N-methyl/N-ethyl adjacent to an activating group) is 1. The minimum Gasteiger partial charge on any atom is -0.367 e. The van der Waals surface area contributed by atoms with E-state index in [0.29, 0.717) is 12.6 Å². The third-order valence-electron chi connectivity index (χ3n) is 4.00. The molecule has 1 saturated heterocycles. The molecule has 0 bridgehead atoms. The van der Waals surface area contributed by atoms with Crippen LogP contribution in [-0.4, -0.2) is 44.2 Å². The van der Waals surface area contributed by atoms with E-state index in [1.165, 1.54) is 0 Å². The van der Waals surface area contributed by atoms with E-state index >= 15 is 0 Å². The van der Waals surface area contributed by atoms with Crippen LogP contribution in [0.15, 0.2) is 18.2 Å². The van der Waals surface area contributed by atoms with Gasteiger partial charge in [0.15, 0.2) is 0 Å². The van der Waals surface area contributed by atoms with Gasteiger partial charge in [0, 0.05) is 36.9 Å². The predicted octanol–water partition coefficient (Wildman–Crippen LogP) is 2.47. The van der Waals surface area contributed by atoms with Gasteiger partial charge in [-0.25, -0.2) is 4.39 Å². The Bertz CT molecular complexity index is 436. The molecule has 1 unspecified atom stereocenters. The molecule has 1 aliphatic rings. The second-order valence-electron chi connectivity index (χ2n) is 5.68. The van der Waals surface area contributed by atoms with Crippen molar-refractivity contribution >= 4 is 5.69 Å². The summed E-state index contributed by atoms with van der Waals surface area (Å²) in [6, 6.07) is 5.84. The van der Waals surface area contributed by atoms with Crippen molar-refractivity contribution in [2.75, 3.05) is 38.1 Å². The largest absolute Gasteiger partial charge is 0.367 e. The van der Waals surface area contributed by atoms with Crippen LogP contribution in [0.5, 0.6) is 0 Å². The van der Waals surface area contributed by atoms with E-state index < -0.39 is 0 Å². The monoisotopic (exact) mass is 279 g/mol. The summed E-state index contributed by atoms with van der Waals surface area (Å²) in [5, 5.41) is 3.25. The molecule has 1 aromatic carbocycles. The minimum atomic E-state index is -0.103. The summed E-state index contributed by atoms with van der Waals surface area (Å²) in [6.45, 7) is 8.85. The van der Waals surface area contributed by atoms with Gasteiger partial charge in [-0.1, -0.05) is 13.0 Å². The maximum absolute atomic E-state index is 14.2. The summed E-state index contributed by atoms with van der Waals surface area (Å²) in [5.74, 6) is -0.103. The van der Waals surface area contributed by atoms with E-state index in [4.69, 9.17) is 0 Å². The average molecular weight is 279 g/mol. The summed E-state index contributed by atoms with van der Waals surface area (Å²) < 4.78 is 14.2. The first-order chi connectivity index (χ1) is 9.63. The Morgan fingerprint density at radius 1 is 1.35 bits per heavy atom. The van der Waals surface area contributed by atoms with Gasteiger partial charge in [-0.2, -0.15) is 0 Å². The summed E-state index contributed by atoms with van der Waals surface area (Å²) >= 11 is 0. The molecule has 0 aromatic heterocycles. The van der Waals surface area contributed by atoms with E-state index in [1.54, 1.807) is 6.07 Å². The van der Waals surface area contributed by atoms with Crippen LogP contribution in [0.25, 0.3) is 0 Å². The van der Waals surface area contributed by atoms with Gasteiger partial charge in [0.05, 0.1) is 0 Å². The van der Waals surface area contributed by atoms with E-state index in [0.717, 1.165) is 43.9 Å². The van der Waals surface area contributed by atoms with Crippen molar-refractivity contribution in [3.8, 4) is 0 Å². The van der Waals surface area contributed by atoms with Gasteiger partial charge >= 0.3 is 0 Å². The number of halogens is 1. The molecular weight excluding hydrogens is 253 g/mol. The minimum absolute atomic E-state index is 0.103. The van der Waals surface area contributed by atoms with E-state index in [9.17, 15) is 4.39 Å². The molecule has 3 nitrogen and oxygen atoms in total. The molecular formula is C16H26FN3. The van der Waals surface area contributed by atoms with Crippen LogP contribution in [0.4, 0.5) is 10.1 Å². The van der Waals surface area contributed by atoms with E-state index in [-0.39, 0.29) is 5.82 Å². The number of hydrogen-bond donors (Lipinski definition) is 1. The van der Waals surface area contributed by atoms with E-state index in [2.05, 4.69) is 35.2 Å². The number of benzene rings is 1. The van der Waals surface area contributed by atoms with Gasteiger partial charge in [0.1, 0.15) is 5.82 Å². The standard InChI is InChI=1S/C16H26FN3/c1-4-18-11-14-15(17)7-5-8-16(14)20-10-6-9-19(3)12-13(20)2/h5,7-8,13,18H,4,6,9-12H2,1-3H3. The van der Waals surface area contributed by atoms with Gasteiger partial charge in [-0.3, -0.25) is 0 Å².